The fraction of sp³-hybridized carbons (Fsp3) is 0.536. The molecule has 178 valence electrons. The van der Waals surface area contributed by atoms with Crippen molar-refractivity contribution in [2.75, 3.05) is 25.0 Å². The first-order chi connectivity index (χ1) is 16.1. The number of likely N-dealkylation sites (tertiary alicyclic amines) is 1. The third kappa shape index (κ3) is 5.75. The summed E-state index contributed by atoms with van der Waals surface area (Å²) in [4.78, 5) is 16.0. The van der Waals surface area contributed by atoms with Crippen LogP contribution in [0, 0.1) is 5.82 Å². The predicted molar refractivity (Wildman–Crippen MR) is 131 cm³/mol. The van der Waals surface area contributed by atoms with Crippen LogP contribution < -0.4 is 10.1 Å². The van der Waals surface area contributed by atoms with Crippen molar-refractivity contribution in [3.63, 3.8) is 0 Å². The summed E-state index contributed by atoms with van der Waals surface area (Å²) in [6.45, 7) is 5.28. The lowest BCUT2D eigenvalue weighted by molar-refractivity contribution is -0.122. The molecule has 2 fully saturated rings. The maximum absolute atomic E-state index is 14.7. The van der Waals surface area contributed by atoms with Gasteiger partial charge in [-0.25, -0.2) is 4.39 Å². The Morgan fingerprint density at radius 2 is 1.82 bits per heavy atom. The van der Waals surface area contributed by atoms with E-state index in [1.54, 1.807) is 12.1 Å². The first-order valence-corrected chi connectivity index (χ1v) is 12.6. The molecule has 0 radical (unpaired) electrons. The zero-order valence-electron chi connectivity index (χ0n) is 19.8. The van der Waals surface area contributed by atoms with E-state index in [1.165, 1.54) is 31.9 Å². The van der Waals surface area contributed by atoms with Crippen molar-refractivity contribution in [3.8, 4) is 5.75 Å². The molecule has 1 aliphatic heterocycles. The highest BCUT2D eigenvalue weighted by Gasteiger charge is 2.42. The first-order valence-electron chi connectivity index (χ1n) is 12.6. The van der Waals surface area contributed by atoms with Crippen LogP contribution in [-0.2, 0) is 10.2 Å². The number of rotatable bonds is 8. The number of piperidine rings is 1. The van der Waals surface area contributed by atoms with Crippen molar-refractivity contribution in [3.05, 3.63) is 59.9 Å². The Balaban J connectivity index is 1.33. The van der Waals surface area contributed by atoms with E-state index in [9.17, 15) is 9.18 Å². The third-order valence-corrected chi connectivity index (χ3v) is 7.44. The van der Waals surface area contributed by atoms with Crippen molar-refractivity contribution >= 4 is 11.6 Å². The molecule has 5 heteroatoms. The lowest BCUT2D eigenvalue weighted by atomic mass is 9.68. The molecule has 1 heterocycles. The minimum Gasteiger partial charge on any atom is -0.494 e. The van der Waals surface area contributed by atoms with E-state index in [4.69, 9.17) is 4.74 Å². The van der Waals surface area contributed by atoms with Crippen LogP contribution in [0.3, 0.4) is 0 Å². The van der Waals surface area contributed by atoms with Gasteiger partial charge in [0.2, 0.25) is 5.91 Å². The van der Waals surface area contributed by atoms with Crippen LogP contribution in [0.5, 0.6) is 5.75 Å². The molecule has 2 aromatic carbocycles. The van der Waals surface area contributed by atoms with Crippen LogP contribution in [0.25, 0.3) is 0 Å². The quantitative estimate of drug-likeness (QED) is 0.477. The largest absolute Gasteiger partial charge is 0.494 e. The molecule has 1 saturated carbocycles. The van der Waals surface area contributed by atoms with Gasteiger partial charge in [-0.05, 0) is 75.9 Å². The van der Waals surface area contributed by atoms with Crippen LogP contribution >= 0.6 is 0 Å². The van der Waals surface area contributed by atoms with Gasteiger partial charge in [-0.1, -0.05) is 43.9 Å². The molecule has 2 aliphatic rings. The van der Waals surface area contributed by atoms with Gasteiger partial charge in [0.15, 0.2) is 0 Å². The smallest absolute Gasteiger partial charge is 0.235 e. The second-order valence-corrected chi connectivity index (χ2v) is 9.68. The second kappa shape index (κ2) is 11.1. The fourth-order valence-corrected chi connectivity index (χ4v) is 5.46. The maximum Gasteiger partial charge on any atom is 0.235 e. The number of nitrogens with one attached hydrogen (secondary N) is 1. The van der Waals surface area contributed by atoms with E-state index >= 15 is 0 Å². The van der Waals surface area contributed by atoms with Crippen LogP contribution in [-0.4, -0.2) is 36.5 Å². The first kappa shape index (κ1) is 23.7. The Labute approximate surface area is 197 Å². The van der Waals surface area contributed by atoms with E-state index in [-0.39, 0.29) is 11.7 Å². The number of anilines is 1. The lowest BCUT2D eigenvalue weighted by Crippen LogP contribution is -2.42. The Hall–Kier alpha value is -2.40. The fourth-order valence-electron chi connectivity index (χ4n) is 5.46. The summed E-state index contributed by atoms with van der Waals surface area (Å²) in [7, 11) is 0. The van der Waals surface area contributed by atoms with Gasteiger partial charge >= 0.3 is 0 Å². The van der Waals surface area contributed by atoms with Crippen molar-refractivity contribution in [1.29, 1.82) is 0 Å². The number of hydrogen-bond donors (Lipinski definition) is 1. The molecule has 0 spiro atoms. The van der Waals surface area contributed by atoms with Gasteiger partial charge in [-0.15, -0.1) is 0 Å². The predicted octanol–water partition coefficient (Wildman–Crippen LogP) is 6.31. The zero-order chi connectivity index (χ0) is 23.1. The number of carbonyl (C=O) groups excluding carboxylic acids is 1. The highest BCUT2D eigenvalue weighted by atomic mass is 19.1. The summed E-state index contributed by atoms with van der Waals surface area (Å²) in [5.41, 5.74) is 0.436. The summed E-state index contributed by atoms with van der Waals surface area (Å²) in [6, 6.07) is 14.9. The summed E-state index contributed by atoms with van der Waals surface area (Å²) >= 11 is 0. The molecule has 0 bridgehead atoms. The van der Waals surface area contributed by atoms with Gasteiger partial charge in [0.25, 0.3) is 0 Å². The van der Waals surface area contributed by atoms with Gasteiger partial charge in [-0.3, -0.25) is 4.79 Å². The monoisotopic (exact) mass is 452 g/mol. The molecular weight excluding hydrogens is 415 g/mol. The Morgan fingerprint density at radius 1 is 1.06 bits per heavy atom. The molecule has 4 nitrogen and oxygen atoms in total. The van der Waals surface area contributed by atoms with E-state index in [0.717, 1.165) is 43.7 Å². The highest BCUT2D eigenvalue weighted by Crippen LogP contribution is 2.41. The number of carbonyl (C=O) groups is 1. The third-order valence-electron chi connectivity index (χ3n) is 7.44. The van der Waals surface area contributed by atoms with Crippen LogP contribution in [0.2, 0.25) is 0 Å². The molecule has 1 saturated heterocycles. The standard InChI is InChI=1S/C28H37FN2O2/c1-22-10-5-8-19-31(22)20-9-21-33-24-15-13-23(14-16-24)30-27(32)28(17-6-2-7-18-28)25-11-3-4-12-26(25)29/h3-4,11-16,22H,2,5-10,17-21H2,1H3,(H,30,32)/t22-/m1/s1. The van der Waals surface area contributed by atoms with E-state index in [0.29, 0.717) is 31.1 Å². The molecule has 33 heavy (non-hydrogen) atoms. The van der Waals surface area contributed by atoms with Gasteiger partial charge in [-0.2, -0.15) is 0 Å². The lowest BCUT2D eigenvalue weighted by Gasteiger charge is -2.36. The molecule has 1 atom stereocenters. The Morgan fingerprint density at radius 3 is 2.55 bits per heavy atom. The highest BCUT2D eigenvalue weighted by molar-refractivity contribution is 5.99. The number of nitrogens with zero attached hydrogens (tertiary/aromatic N) is 1. The molecule has 1 amide bonds. The molecule has 0 unspecified atom stereocenters. The second-order valence-electron chi connectivity index (χ2n) is 9.68. The molecule has 2 aromatic rings. The van der Waals surface area contributed by atoms with Crippen LogP contribution in [0.4, 0.5) is 10.1 Å². The van der Waals surface area contributed by atoms with Gasteiger partial charge in [0.1, 0.15) is 11.6 Å². The minimum absolute atomic E-state index is 0.114. The summed E-state index contributed by atoms with van der Waals surface area (Å²) in [6.07, 6.45) is 9.27. The number of halogens is 1. The molecule has 0 aromatic heterocycles. The van der Waals surface area contributed by atoms with Crippen molar-refractivity contribution in [2.45, 2.75) is 76.2 Å². The van der Waals surface area contributed by atoms with Gasteiger partial charge in [0, 0.05) is 23.8 Å². The van der Waals surface area contributed by atoms with E-state index in [2.05, 4.69) is 17.1 Å². The maximum atomic E-state index is 14.7. The summed E-state index contributed by atoms with van der Waals surface area (Å²) < 4.78 is 20.6. The topological polar surface area (TPSA) is 41.6 Å². The number of hydrogen-bond acceptors (Lipinski definition) is 3. The molecule has 1 aliphatic carbocycles. The number of amides is 1. The van der Waals surface area contributed by atoms with Crippen LogP contribution in [0.15, 0.2) is 48.5 Å². The molecular formula is C28H37FN2O2. The van der Waals surface area contributed by atoms with E-state index in [1.807, 2.05) is 30.3 Å². The zero-order valence-corrected chi connectivity index (χ0v) is 19.8. The average Bonchev–Trinajstić information content (AvgIpc) is 2.84. The number of ether oxygens (including phenoxy) is 1. The summed E-state index contributed by atoms with van der Waals surface area (Å²) in [5, 5.41) is 3.05. The van der Waals surface area contributed by atoms with Crippen molar-refractivity contribution in [1.82, 2.24) is 4.90 Å². The Bertz CT molecular complexity index is 908. The van der Waals surface area contributed by atoms with Gasteiger partial charge < -0.3 is 15.0 Å². The molecule has 1 N–H and O–H groups in total. The number of benzene rings is 2. The Kier molecular flexibility index (Phi) is 8.02. The van der Waals surface area contributed by atoms with Crippen molar-refractivity contribution < 1.29 is 13.9 Å². The van der Waals surface area contributed by atoms with Crippen molar-refractivity contribution in [2.24, 2.45) is 0 Å². The SMILES string of the molecule is C[C@@H]1CCCCN1CCCOc1ccc(NC(=O)C2(c3ccccc3F)CCCCC2)cc1. The van der Waals surface area contributed by atoms with Gasteiger partial charge in [0.05, 0.1) is 12.0 Å². The molecule has 4 rings (SSSR count). The summed E-state index contributed by atoms with van der Waals surface area (Å²) in [5.74, 6) is 0.398. The average molecular weight is 453 g/mol. The van der Waals surface area contributed by atoms with Crippen LogP contribution in [0.1, 0.15) is 70.3 Å². The van der Waals surface area contributed by atoms with E-state index < -0.39 is 5.41 Å². The minimum atomic E-state index is -0.801. The normalized spacial score (nSPS) is 20.8.